The zero-order chi connectivity index (χ0) is 33.6. The number of anilines is 1. The fourth-order valence-electron chi connectivity index (χ4n) is 5.63. The second-order valence-electron chi connectivity index (χ2n) is 11.6. The first-order valence-electron chi connectivity index (χ1n) is 15.1. The molecule has 2 atom stereocenters. The molecular weight excluding hydrogens is 663 g/mol. The van der Waals surface area contributed by atoms with Crippen molar-refractivity contribution < 1.29 is 31.4 Å². The highest BCUT2D eigenvalue weighted by Crippen LogP contribution is 2.29. The maximum absolute atomic E-state index is 14.5. The summed E-state index contributed by atoms with van der Waals surface area (Å²) in [6, 6.07) is 5.71. The number of alkyl halides is 3. The van der Waals surface area contributed by atoms with Crippen molar-refractivity contribution in [3.05, 3.63) is 70.5 Å². The number of aromatic nitrogens is 8. The van der Waals surface area contributed by atoms with Gasteiger partial charge in [0.2, 0.25) is 17.6 Å². The number of hydrogen-bond acceptors (Lipinski definition) is 10. The molecule has 0 spiro atoms. The zero-order valence-electron chi connectivity index (χ0n) is 25.4. The summed E-state index contributed by atoms with van der Waals surface area (Å²) in [5.41, 5.74) is 1.63. The number of benzene rings is 1. The smallest absolute Gasteiger partial charge is 0.451 e. The first-order chi connectivity index (χ1) is 23.0. The monoisotopic (exact) mass is 690 g/mol. The van der Waals surface area contributed by atoms with E-state index >= 15 is 0 Å². The average molecular weight is 691 g/mol. The van der Waals surface area contributed by atoms with Crippen molar-refractivity contribution >= 4 is 28.6 Å². The van der Waals surface area contributed by atoms with Gasteiger partial charge in [0.25, 0.3) is 5.88 Å². The van der Waals surface area contributed by atoms with Gasteiger partial charge in [0.15, 0.2) is 5.82 Å². The highest BCUT2D eigenvalue weighted by atomic mass is 35.5. The summed E-state index contributed by atoms with van der Waals surface area (Å²) < 4.78 is 81.2. The van der Waals surface area contributed by atoms with Crippen LogP contribution in [0, 0.1) is 11.6 Å². The molecule has 2 fully saturated rings. The Morgan fingerprint density at radius 2 is 1.90 bits per heavy atom. The van der Waals surface area contributed by atoms with Crippen LogP contribution in [0.5, 0.6) is 5.88 Å². The van der Waals surface area contributed by atoms with Crippen molar-refractivity contribution in [1.29, 1.82) is 0 Å². The Kier molecular flexibility index (Phi) is 8.59. The van der Waals surface area contributed by atoms with Crippen LogP contribution in [0.25, 0.3) is 22.6 Å². The number of hydrogen-bond donors (Lipinski definition) is 1. The number of aromatic amines is 1. The van der Waals surface area contributed by atoms with E-state index in [0.717, 1.165) is 24.5 Å². The predicted octanol–water partition coefficient (Wildman–Crippen LogP) is 5.04. The van der Waals surface area contributed by atoms with Crippen LogP contribution in [-0.2, 0) is 30.6 Å². The van der Waals surface area contributed by atoms with E-state index in [1.165, 1.54) is 12.1 Å². The minimum atomic E-state index is -4.66. The minimum absolute atomic E-state index is 0.00381. The highest BCUT2D eigenvalue weighted by Gasteiger charge is 2.36. The molecular formula is C30H28ClF5N10O2. The Balaban J connectivity index is 1.07. The number of halogens is 6. The van der Waals surface area contributed by atoms with Gasteiger partial charge in [-0.3, -0.25) is 15.0 Å². The van der Waals surface area contributed by atoms with E-state index in [1.807, 2.05) is 21.5 Å². The summed E-state index contributed by atoms with van der Waals surface area (Å²) in [5.74, 6) is -1.98. The second kappa shape index (κ2) is 12.9. The second-order valence-corrected chi connectivity index (χ2v) is 12.0. The fraction of sp³-hybridized carbons (Fsp3) is 0.400. The molecule has 252 valence electrons. The lowest BCUT2D eigenvalue weighted by molar-refractivity contribution is -0.144. The Morgan fingerprint density at radius 1 is 1.06 bits per heavy atom. The van der Waals surface area contributed by atoms with Gasteiger partial charge in [0, 0.05) is 42.9 Å². The van der Waals surface area contributed by atoms with Gasteiger partial charge in [-0.15, -0.1) is 0 Å². The van der Waals surface area contributed by atoms with Crippen LogP contribution in [-0.4, -0.2) is 83.0 Å². The normalized spacial score (nSPS) is 18.8. The maximum atomic E-state index is 14.5. The largest absolute Gasteiger partial charge is 0.470 e. The van der Waals surface area contributed by atoms with Crippen molar-refractivity contribution in [2.75, 3.05) is 31.1 Å². The van der Waals surface area contributed by atoms with Crippen molar-refractivity contribution in [2.24, 2.45) is 0 Å². The standard InChI is InChI=1S/C30H28ClF5N10O2/c1-16-12-45(29-38-10-21(33)27(41-29)48-15-17-2-3-18(31)8-20(17)32)6-5-44(16)14-25-39-22-9-23(26-40-28(43-42-26)30(34,35)36)37-11-24(22)46(25)13-19-4-7-47-19/h2-3,8-11,16,19H,4-7,12-15H2,1H3,(H,40,42,43)/t16-,19-/m0/s1. The highest BCUT2D eigenvalue weighted by molar-refractivity contribution is 6.30. The molecule has 2 saturated heterocycles. The molecule has 0 aliphatic carbocycles. The van der Waals surface area contributed by atoms with Crippen LogP contribution in [0.3, 0.4) is 0 Å². The third-order valence-electron chi connectivity index (χ3n) is 8.35. The topological polar surface area (TPSA) is 123 Å². The number of pyridine rings is 1. The summed E-state index contributed by atoms with van der Waals surface area (Å²) in [7, 11) is 0. The molecule has 18 heteroatoms. The molecule has 12 nitrogen and oxygen atoms in total. The van der Waals surface area contributed by atoms with Crippen LogP contribution in [0.4, 0.5) is 27.9 Å². The van der Waals surface area contributed by atoms with Crippen LogP contribution in [0.1, 0.15) is 30.6 Å². The van der Waals surface area contributed by atoms with E-state index in [9.17, 15) is 22.0 Å². The SMILES string of the molecule is C[C@H]1CN(c2ncc(F)c(OCc3ccc(Cl)cc3F)n2)CCN1Cc1nc2cc(-c3n[nH]c(C(F)(F)F)n3)ncc2n1C[C@@H]1CCO1. The molecule has 2 aliphatic heterocycles. The van der Waals surface area contributed by atoms with Gasteiger partial charge >= 0.3 is 6.18 Å². The lowest BCUT2D eigenvalue weighted by atomic mass is 10.2. The molecule has 0 unspecified atom stereocenters. The Labute approximate surface area is 274 Å². The molecule has 0 saturated carbocycles. The van der Waals surface area contributed by atoms with E-state index in [0.29, 0.717) is 50.4 Å². The molecule has 0 radical (unpaired) electrons. The molecule has 48 heavy (non-hydrogen) atoms. The lowest BCUT2D eigenvalue weighted by Gasteiger charge is -2.39. The summed E-state index contributed by atoms with van der Waals surface area (Å²) in [6.45, 7) is 5.12. The molecule has 5 aromatic rings. The minimum Gasteiger partial charge on any atom is -0.470 e. The molecule has 0 bridgehead atoms. The average Bonchev–Trinajstić information content (AvgIpc) is 3.65. The summed E-state index contributed by atoms with van der Waals surface area (Å²) >= 11 is 5.81. The number of imidazole rings is 1. The summed E-state index contributed by atoms with van der Waals surface area (Å²) in [5, 5.41) is 5.85. The predicted molar refractivity (Wildman–Crippen MR) is 162 cm³/mol. The molecule has 2 aliphatic rings. The number of piperazine rings is 1. The third kappa shape index (κ3) is 6.61. The third-order valence-corrected chi connectivity index (χ3v) is 8.58. The molecule has 4 aromatic heterocycles. The first-order valence-corrected chi connectivity index (χ1v) is 15.4. The van der Waals surface area contributed by atoms with E-state index < -0.39 is 23.6 Å². The van der Waals surface area contributed by atoms with Gasteiger partial charge in [0.05, 0.1) is 42.6 Å². The molecule has 1 aromatic carbocycles. The number of nitrogens with zero attached hydrogens (tertiary/aromatic N) is 9. The van der Waals surface area contributed by atoms with E-state index in [-0.39, 0.29) is 52.7 Å². The molecule has 6 heterocycles. The molecule has 7 rings (SSSR count). The number of fused-ring (bicyclic) bond motifs is 1. The van der Waals surface area contributed by atoms with E-state index in [4.69, 9.17) is 26.1 Å². The first kappa shape index (κ1) is 32.1. The fourth-order valence-corrected chi connectivity index (χ4v) is 5.79. The van der Waals surface area contributed by atoms with Gasteiger partial charge in [-0.1, -0.05) is 17.7 Å². The Hall–Kier alpha value is -4.48. The Morgan fingerprint density at radius 3 is 2.60 bits per heavy atom. The van der Waals surface area contributed by atoms with Crippen molar-refractivity contribution in [3.8, 4) is 17.4 Å². The number of H-pyrrole nitrogens is 1. The maximum Gasteiger partial charge on any atom is 0.451 e. The van der Waals surface area contributed by atoms with Gasteiger partial charge in [-0.05, 0) is 31.5 Å². The number of rotatable bonds is 9. The van der Waals surface area contributed by atoms with Crippen LogP contribution < -0.4 is 9.64 Å². The van der Waals surface area contributed by atoms with Gasteiger partial charge < -0.3 is 18.9 Å². The quantitative estimate of drug-likeness (QED) is 0.211. The lowest BCUT2D eigenvalue weighted by Crippen LogP contribution is -2.52. The van der Waals surface area contributed by atoms with Gasteiger partial charge in [-0.2, -0.15) is 27.6 Å². The number of nitrogens with one attached hydrogen (secondary N) is 1. The molecule has 0 amide bonds. The zero-order valence-corrected chi connectivity index (χ0v) is 26.1. The van der Waals surface area contributed by atoms with Crippen molar-refractivity contribution in [3.63, 3.8) is 0 Å². The van der Waals surface area contributed by atoms with Crippen LogP contribution in [0.2, 0.25) is 5.02 Å². The summed E-state index contributed by atoms with van der Waals surface area (Å²) in [6.07, 6.45) is -1.15. The number of ether oxygens (including phenoxy) is 2. The van der Waals surface area contributed by atoms with E-state index in [1.54, 1.807) is 12.3 Å². The van der Waals surface area contributed by atoms with E-state index in [2.05, 4.69) is 29.9 Å². The van der Waals surface area contributed by atoms with Gasteiger partial charge in [0.1, 0.15) is 23.9 Å². The Bertz CT molecular complexity index is 1950. The molecule has 1 N–H and O–H groups in total. The van der Waals surface area contributed by atoms with Crippen LogP contribution in [0.15, 0.2) is 36.7 Å². The summed E-state index contributed by atoms with van der Waals surface area (Å²) in [4.78, 5) is 25.4. The van der Waals surface area contributed by atoms with Crippen LogP contribution >= 0.6 is 11.6 Å². The van der Waals surface area contributed by atoms with Crippen molar-refractivity contribution in [2.45, 2.75) is 51.4 Å². The van der Waals surface area contributed by atoms with Gasteiger partial charge in [-0.25, -0.2) is 19.3 Å². The van der Waals surface area contributed by atoms with Crippen molar-refractivity contribution in [1.82, 2.24) is 44.6 Å².